The topological polar surface area (TPSA) is 28.7 Å². The molecule has 1 unspecified atom stereocenters. The Balaban J connectivity index is 2.04. The first-order valence-electron chi connectivity index (χ1n) is 5.94. The van der Waals surface area contributed by atoms with E-state index in [0.717, 1.165) is 21.9 Å². The molecular formula is C15H13ClN2. The highest BCUT2D eigenvalue weighted by Crippen LogP contribution is 2.25. The highest BCUT2D eigenvalue weighted by atomic mass is 35.5. The number of rotatable bonds is 2. The molecule has 18 heavy (non-hydrogen) atoms. The van der Waals surface area contributed by atoms with Crippen molar-refractivity contribution in [2.45, 2.75) is 12.8 Å². The second-order valence-electron chi connectivity index (χ2n) is 4.42. The van der Waals surface area contributed by atoms with Gasteiger partial charge in [0.15, 0.2) is 0 Å². The van der Waals surface area contributed by atoms with Gasteiger partial charge in [-0.15, -0.1) is 0 Å². The number of nitrogens with zero attached hydrogens (tertiary/aromatic N) is 1. The number of nitrogens with one attached hydrogen (secondary N) is 1. The molecule has 0 spiro atoms. The maximum Gasteiger partial charge on any atom is 0.114 e. The Morgan fingerprint density at radius 2 is 1.89 bits per heavy atom. The summed E-state index contributed by atoms with van der Waals surface area (Å²) in [5.41, 5.74) is 3.19. The van der Waals surface area contributed by atoms with Gasteiger partial charge in [-0.2, -0.15) is 0 Å². The van der Waals surface area contributed by atoms with Crippen LogP contribution < -0.4 is 0 Å². The van der Waals surface area contributed by atoms with E-state index in [-0.39, 0.29) is 5.92 Å². The number of imidazole rings is 1. The van der Waals surface area contributed by atoms with Gasteiger partial charge < -0.3 is 4.98 Å². The molecule has 1 aromatic heterocycles. The van der Waals surface area contributed by atoms with E-state index in [1.807, 2.05) is 36.4 Å². The van der Waals surface area contributed by atoms with Crippen LogP contribution in [-0.2, 0) is 0 Å². The van der Waals surface area contributed by atoms with Crippen LogP contribution in [0.15, 0.2) is 48.5 Å². The molecule has 0 radical (unpaired) electrons. The number of H-pyrrole nitrogens is 1. The van der Waals surface area contributed by atoms with Crippen molar-refractivity contribution in [3.63, 3.8) is 0 Å². The van der Waals surface area contributed by atoms with E-state index in [0.29, 0.717) is 0 Å². The summed E-state index contributed by atoms with van der Waals surface area (Å²) in [6.45, 7) is 2.15. The SMILES string of the molecule is CC(c1ccccc1)c1nc2ccc(Cl)cc2[nH]1. The molecule has 90 valence electrons. The van der Waals surface area contributed by atoms with Crippen LogP contribution in [0.4, 0.5) is 0 Å². The van der Waals surface area contributed by atoms with Crippen LogP contribution in [0.3, 0.4) is 0 Å². The fraction of sp³-hybridized carbons (Fsp3) is 0.133. The average molecular weight is 257 g/mol. The summed E-state index contributed by atoms with van der Waals surface area (Å²) in [6.07, 6.45) is 0. The highest BCUT2D eigenvalue weighted by Gasteiger charge is 2.12. The van der Waals surface area contributed by atoms with Crippen molar-refractivity contribution in [1.29, 1.82) is 0 Å². The summed E-state index contributed by atoms with van der Waals surface area (Å²) in [5, 5.41) is 0.727. The molecule has 0 aliphatic rings. The second kappa shape index (κ2) is 4.46. The van der Waals surface area contributed by atoms with Crippen molar-refractivity contribution < 1.29 is 0 Å². The third-order valence-electron chi connectivity index (χ3n) is 3.17. The lowest BCUT2D eigenvalue weighted by molar-refractivity contribution is 0.846. The molecule has 2 nitrogen and oxygen atoms in total. The Labute approximate surface area is 111 Å². The Morgan fingerprint density at radius 3 is 2.67 bits per heavy atom. The Bertz CT molecular complexity index is 673. The Hall–Kier alpha value is -1.80. The molecule has 0 fully saturated rings. The van der Waals surface area contributed by atoms with Crippen molar-refractivity contribution in [2.75, 3.05) is 0 Å². The van der Waals surface area contributed by atoms with Crippen LogP contribution in [0.1, 0.15) is 24.2 Å². The van der Waals surface area contributed by atoms with Gasteiger partial charge in [0.25, 0.3) is 0 Å². The smallest absolute Gasteiger partial charge is 0.114 e. The molecule has 0 bridgehead atoms. The summed E-state index contributed by atoms with van der Waals surface area (Å²) in [5.74, 6) is 1.22. The summed E-state index contributed by atoms with van der Waals surface area (Å²) < 4.78 is 0. The first-order valence-corrected chi connectivity index (χ1v) is 6.32. The van der Waals surface area contributed by atoms with E-state index in [2.05, 4.69) is 29.0 Å². The summed E-state index contributed by atoms with van der Waals surface area (Å²) in [4.78, 5) is 7.96. The van der Waals surface area contributed by atoms with Crippen LogP contribution in [0, 0.1) is 0 Å². The van der Waals surface area contributed by atoms with Gasteiger partial charge in [0, 0.05) is 10.9 Å². The Kier molecular flexibility index (Phi) is 2.80. The summed E-state index contributed by atoms with van der Waals surface area (Å²) in [7, 11) is 0. The minimum atomic E-state index is 0.248. The minimum Gasteiger partial charge on any atom is -0.341 e. The monoisotopic (exact) mass is 256 g/mol. The van der Waals surface area contributed by atoms with Gasteiger partial charge in [-0.05, 0) is 23.8 Å². The Morgan fingerprint density at radius 1 is 1.11 bits per heavy atom. The molecule has 1 atom stereocenters. The molecule has 3 aromatic rings. The minimum absolute atomic E-state index is 0.248. The van der Waals surface area contributed by atoms with Crippen LogP contribution in [0.2, 0.25) is 5.02 Å². The van der Waals surface area contributed by atoms with Crippen molar-refractivity contribution >= 4 is 22.6 Å². The maximum absolute atomic E-state index is 5.98. The summed E-state index contributed by atoms with van der Waals surface area (Å²) >= 11 is 5.98. The van der Waals surface area contributed by atoms with E-state index in [1.54, 1.807) is 0 Å². The molecule has 2 aromatic carbocycles. The van der Waals surface area contributed by atoms with Crippen LogP contribution in [0.5, 0.6) is 0 Å². The molecule has 3 rings (SSSR count). The largest absolute Gasteiger partial charge is 0.341 e. The second-order valence-corrected chi connectivity index (χ2v) is 4.85. The lowest BCUT2D eigenvalue weighted by Gasteiger charge is -2.07. The zero-order chi connectivity index (χ0) is 12.5. The van der Waals surface area contributed by atoms with Crippen molar-refractivity contribution in [3.8, 4) is 0 Å². The van der Waals surface area contributed by atoms with Crippen LogP contribution in [-0.4, -0.2) is 9.97 Å². The average Bonchev–Trinajstić information content (AvgIpc) is 2.81. The van der Waals surface area contributed by atoms with Gasteiger partial charge in [0.1, 0.15) is 5.82 Å². The maximum atomic E-state index is 5.98. The van der Waals surface area contributed by atoms with Crippen LogP contribution in [0.25, 0.3) is 11.0 Å². The number of fused-ring (bicyclic) bond motifs is 1. The first kappa shape index (κ1) is 11.3. The van der Waals surface area contributed by atoms with E-state index < -0.39 is 0 Å². The van der Waals surface area contributed by atoms with Gasteiger partial charge in [-0.3, -0.25) is 0 Å². The number of hydrogen-bond donors (Lipinski definition) is 1. The van der Waals surface area contributed by atoms with E-state index in [4.69, 9.17) is 11.6 Å². The van der Waals surface area contributed by atoms with Gasteiger partial charge in [0.05, 0.1) is 11.0 Å². The van der Waals surface area contributed by atoms with Gasteiger partial charge >= 0.3 is 0 Å². The van der Waals surface area contributed by atoms with Crippen molar-refractivity contribution in [3.05, 3.63) is 64.9 Å². The fourth-order valence-electron chi connectivity index (χ4n) is 2.11. The summed E-state index contributed by atoms with van der Waals surface area (Å²) in [6, 6.07) is 16.1. The van der Waals surface area contributed by atoms with Crippen LogP contribution >= 0.6 is 11.6 Å². The molecule has 0 saturated carbocycles. The number of aromatic amines is 1. The van der Waals surface area contributed by atoms with Gasteiger partial charge in [0.2, 0.25) is 0 Å². The van der Waals surface area contributed by atoms with E-state index in [9.17, 15) is 0 Å². The molecule has 0 aliphatic carbocycles. The van der Waals surface area contributed by atoms with E-state index in [1.165, 1.54) is 5.56 Å². The third-order valence-corrected chi connectivity index (χ3v) is 3.41. The zero-order valence-electron chi connectivity index (χ0n) is 10.0. The number of aromatic nitrogens is 2. The predicted molar refractivity (Wildman–Crippen MR) is 75.1 cm³/mol. The molecule has 1 N–H and O–H groups in total. The van der Waals surface area contributed by atoms with Gasteiger partial charge in [-0.25, -0.2) is 4.98 Å². The molecule has 3 heteroatoms. The molecule has 0 aliphatic heterocycles. The number of benzene rings is 2. The number of hydrogen-bond acceptors (Lipinski definition) is 1. The van der Waals surface area contributed by atoms with Crippen molar-refractivity contribution in [1.82, 2.24) is 9.97 Å². The molecule has 0 saturated heterocycles. The highest BCUT2D eigenvalue weighted by molar-refractivity contribution is 6.31. The van der Waals surface area contributed by atoms with Gasteiger partial charge in [-0.1, -0.05) is 48.9 Å². The standard InChI is InChI=1S/C15H13ClN2/c1-10(11-5-3-2-4-6-11)15-17-13-8-7-12(16)9-14(13)18-15/h2-10H,1H3,(H,17,18). The number of halogens is 1. The quantitative estimate of drug-likeness (QED) is 0.725. The lowest BCUT2D eigenvalue weighted by atomic mass is 10.0. The third kappa shape index (κ3) is 2.00. The zero-order valence-corrected chi connectivity index (χ0v) is 10.8. The fourth-order valence-corrected chi connectivity index (χ4v) is 2.28. The first-order chi connectivity index (χ1) is 8.74. The normalized spacial score (nSPS) is 12.8. The molecule has 1 heterocycles. The lowest BCUT2D eigenvalue weighted by Crippen LogP contribution is -1.97. The molecular weight excluding hydrogens is 244 g/mol. The molecule has 0 amide bonds. The predicted octanol–water partition coefficient (Wildman–Crippen LogP) is 4.37. The van der Waals surface area contributed by atoms with Crippen molar-refractivity contribution in [2.24, 2.45) is 0 Å². The van der Waals surface area contributed by atoms with E-state index >= 15 is 0 Å².